The number of aryl methyl sites for hydroxylation is 1. The van der Waals surface area contributed by atoms with Crippen molar-refractivity contribution < 1.29 is 4.52 Å². The van der Waals surface area contributed by atoms with Gasteiger partial charge in [0.05, 0.1) is 5.54 Å². The highest BCUT2D eigenvalue weighted by Crippen LogP contribution is 2.35. The molecular weight excluding hydrogens is 310 g/mol. The van der Waals surface area contributed by atoms with Gasteiger partial charge in [-0.25, -0.2) is 0 Å². The minimum absolute atomic E-state index is 0. The summed E-state index contributed by atoms with van der Waals surface area (Å²) in [7, 11) is 0. The van der Waals surface area contributed by atoms with Gasteiger partial charge in [0.2, 0.25) is 5.89 Å². The van der Waals surface area contributed by atoms with Gasteiger partial charge in [-0.3, -0.25) is 0 Å². The van der Waals surface area contributed by atoms with Crippen LogP contribution in [0.1, 0.15) is 62.4 Å². The lowest BCUT2D eigenvalue weighted by Gasteiger charge is -2.23. The number of nitrogens with zero attached hydrogens (tertiary/aromatic N) is 2. The lowest BCUT2D eigenvalue weighted by atomic mass is 9.81. The first-order valence-corrected chi connectivity index (χ1v) is 8.08. The molecule has 0 bridgehead atoms. The van der Waals surface area contributed by atoms with Crippen molar-refractivity contribution in [2.75, 3.05) is 0 Å². The average molecular weight is 336 g/mol. The topological polar surface area (TPSA) is 64.9 Å². The molecule has 0 amide bonds. The van der Waals surface area contributed by atoms with E-state index in [2.05, 4.69) is 55.2 Å². The van der Waals surface area contributed by atoms with Gasteiger partial charge in [-0.15, -0.1) is 12.4 Å². The summed E-state index contributed by atoms with van der Waals surface area (Å²) in [4.78, 5) is 4.59. The number of nitrogens with two attached hydrogens (primary N) is 1. The van der Waals surface area contributed by atoms with Crippen LogP contribution in [0.5, 0.6) is 0 Å². The third kappa shape index (κ3) is 3.75. The number of benzene rings is 1. The predicted octanol–water partition coefficient (Wildman–Crippen LogP) is 4.05. The van der Waals surface area contributed by atoms with Crippen molar-refractivity contribution in [2.45, 2.75) is 63.8 Å². The third-order valence-corrected chi connectivity index (χ3v) is 4.84. The van der Waals surface area contributed by atoms with Gasteiger partial charge in [-0.1, -0.05) is 61.7 Å². The molecule has 126 valence electrons. The molecule has 1 aromatic carbocycles. The molecule has 1 aliphatic rings. The molecule has 3 rings (SSSR count). The SMILES string of the molecule is Cc1ccc(C(C)(C)Cc2nc(C3(N)CCCC3)no2)cc1.Cl. The van der Waals surface area contributed by atoms with Crippen LogP contribution < -0.4 is 5.73 Å². The van der Waals surface area contributed by atoms with Crippen molar-refractivity contribution in [3.63, 3.8) is 0 Å². The van der Waals surface area contributed by atoms with Gasteiger partial charge in [0.15, 0.2) is 5.82 Å². The monoisotopic (exact) mass is 335 g/mol. The van der Waals surface area contributed by atoms with Gasteiger partial charge in [-0.2, -0.15) is 4.98 Å². The van der Waals surface area contributed by atoms with Gasteiger partial charge in [0.25, 0.3) is 0 Å². The molecule has 1 saturated carbocycles. The van der Waals surface area contributed by atoms with Crippen LogP contribution in [0.2, 0.25) is 0 Å². The summed E-state index contributed by atoms with van der Waals surface area (Å²) < 4.78 is 5.48. The number of hydrogen-bond acceptors (Lipinski definition) is 4. The molecule has 0 saturated heterocycles. The van der Waals surface area contributed by atoms with Crippen LogP contribution in [0.4, 0.5) is 0 Å². The summed E-state index contributed by atoms with van der Waals surface area (Å²) in [6.45, 7) is 6.51. The van der Waals surface area contributed by atoms with E-state index in [9.17, 15) is 0 Å². The van der Waals surface area contributed by atoms with E-state index in [4.69, 9.17) is 10.3 Å². The van der Waals surface area contributed by atoms with Crippen LogP contribution in [-0.4, -0.2) is 10.1 Å². The number of rotatable bonds is 4. The average Bonchev–Trinajstić information content (AvgIpc) is 3.09. The zero-order valence-corrected chi connectivity index (χ0v) is 14.9. The van der Waals surface area contributed by atoms with Crippen molar-refractivity contribution >= 4 is 12.4 Å². The molecule has 23 heavy (non-hydrogen) atoms. The Morgan fingerprint density at radius 2 is 1.78 bits per heavy atom. The second-order valence-electron chi connectivity index (χ2n) is 7.30. The lowest BCUT2D eigenvalue weighted by molar-refractivity contribution is 0.330. The first kappa shape index (κ1) is 18.0. The maximum absolute atomic E-state index is 6.40. The summed E-state index contributed by atoms with van der Waals surface area (Å²) in [5.74, 6) is 1.36. The van der Waals surface area contributed by atoms with Gasteiger partial charge < -0.3 is 10.3 Å². The highest BCUT2D eigenvalue weighted by Gasteiger charge is 2.36. The van der Waals surface area contributed by atoms with Crippen LogP contribution in [0.25, 0.3) is 0 Å². The second kappa shape index (κ2) is 6.62. The molecule has 0 unspecified atom stereocenters. The highest BCUT2D eigenvalue weighted by atomic mass is 35.5. The fraction of sp³-hybridized carbons (Fsp3) is 0.556. The largest absolute Gasteiger partial charge is 0.339 e. The van der Waals surface area contributed by atoms with Crippen molar-refractivity contribution in [3.05, 3.63) is 47.1 Å². The third-order valence-electron chi connectivity index (χ3n) is 4.84. The van der Waals surface area contributed by atoms with Gasteiger partial charge in [0.1, 0.15) is 0 Å². The fourth-order valence-electron chi connectivity index (χ4n) is 3.24. The lowest BCUT2D eigenvalue weighted by Crippen LogP contribution is -2.34. The predicted molar refractivity (Wildman–Crippen MR) is 93.8 cm³/mol. The van der Waals surface area contributed by atoms with Crippen LogP contribution in [0.15, 0.2) is 28.8 Å². The van der Waals surface area contributed by atoms with Crippen LogP contribution in [0.3, 0.4) is 0 Å². The van der Waals surface area contributed by atoms with E-state index in [1.807, 2.05) is 0 Å². The van der Waals surface area contributed by atoms with E-state index in [1.165, 1.54) is 11.1 Å². The van der Waals surface area contributed by atoms with Crippen molar-refractivity contribution in [1.82, 2.24) is 10.1 Å². The first-order valence-electron chi connectivity index (χ1n) is 8.08. The standard InChI is InChI=1S/C18H25N3O.ClH/c1-13-6-8-14(9-7-13)17(2,3)12-15-20-16(21-22-15)18(19)10-4-5-11-18;/h6-9H,4-5,10-12,19H2,1-3H3;1H. The molecule has 1 heterocycles. The Morgan fingerprint density at radius 3 is 2.39 bits per heavy atom. The molecule has 4 nitrogen and oxygen atoms in total. The van der Waals surface area contributed by atoms with E-state index in [0.29, 0.717) is 11.7 Å². The second-order valence-corrected chi connectivity index (χ2v) is 7.30. The molecule has 5 heteroatoms. The molecule has 1 fully saturated rings. The summed E-state index contributed by atoms with van der Waals surface area (Å²) in [6, 6.07) is 8.63. The van der Waals surface area contributed by atoms with Gasteiger partial charge in [0, 0.05) is 6.42 Å². The van der Waals surface area contributed by atoms with E-state index in [-0.39, 0.29) is 23.4 Å². The Hall–Kier alpha value is -1.39. The summed E-state index contributed by atoms with van der Waals surface area (Å²) in [5.41, 5.74) is 8.52. The van der Waals surface area contributed by atoms with Crippen molar-refractivity contribution in [1.29, 1.82) is 0 Å². The molecule has 0 atom stereocenters. The smallest absolute Gasteiger partial charge is 0.227 e. The van der Waals surface area contributed by atoms with E-state index in [0.717, 1.165) is 32.1 Å². The molecule has 0 aliphatic heterocycles. The first-order chi connectivity index (χ1) is 10.4. The zero-order chi connectivity index (χ0) is 15.8. The van der Waals surface area contributed by atoms with Crippen LogP contribution in [-0.2, 0) is 17.4 Å². The maximum atomic E-state index is 6.40. The number of hydrogen-bond donors (Lipinski definition) is 1. The van der Waals surface area contributed by atoms with E-state index >= 15 is 0 Å². The Balaban J connectivity index is 0.00000192. The quantitative estimate of drug-likeness (QED) is 0.915. The summed E-state index contributed by atoms with van der Waals surface area (Å²) in [6.07, 6.45) is 4.92. The summed E-state index contributed by atoms with van der Waals surface area (Å²) >= 11 is 0. The molecule has 0 spiro atoms. The minimum atomic E-state index is -0.379. The highest BCUT2D eigenvalue weighted by molar-refractivity contribution is 5.85. The Labute approximate surface area is 144 Å². The zero-order valence-electron chi connectivity index (χ0n) is 14.1. The molecule has 1 aromatic heterocycles. The summed E-state index contributed by atoms with van der Waals surface area (Å²) in [5, 5.41) is 4.15. The van der Waals surface area contributed by atoms with E-state index in [1.54, 1.807) is 0 Å². The van der Waals surface area contributed by atoms with Crippen molar-refractivity contribution in [2.24, 2.45) is 5.73 Å². The number of aromatic nitrogens is 2. The molecule has 1 aliphatic carbocycles. The van der Waals surface area contributed by atoms with Gasteiger partial charge >= 0.3 is 0 Å². The Kier molecular flexibility index (Phi) is 5.17. The Bertz CT molecular complexity index is 643. The maximum Gasteiger partial charge on any atom is 0.227 e. The van der Waals surface area contributed by atoms with Crippen molar-refractivity contribution in [3.8, 4) is 0 Å². The Morgan fingerprint density at radius 1 is 1.17 bits per heavy atom. The fourth-order valence-corrected chi connectivity index (χ4v) is 3.24. The normalized spacial score (nSPS) is 17.0. The van der Waals surface area contributed by atoms with Gasteiger partial charge in [-0.05, 0) is 30.7 Å². The molecule has 2 N–H and O–H groups in total. The van der Waals surface area contributed by atoms with Crippen LogP contribution in [0, 0.1) is 6.92 Å². The van der Waals surface area contributed by atoms with E-state index < -0.39 is 0 Å². The molecular formula is C18H26ClN3O. The van der Waals surface area contributed by atoms with Crippen LogP contribution >= 0.6 is 12.4 Å². The number of halogens is 1. The molecule has 2 aromatic rings. The minimum Gasteiger partial charge on any atom is -0.339 e. The molecule has 0 radical (unpaired) electrons.